The van der Waals surface area contributed by atoms with Gasteiger partial charge >= 0.3 is 12.0 Å². The van der Waals surface area contributed by atoms with Crippen LogP contribution in [0.5, 0.6) is 0 Å². The fourth-order valence-corrected chi connectivity index (χ4v) is 2.79. The SMILES string of the molecule is Cc1csc(CCNC(=O)N2CC(CC(=O)O)C2)n1. The van der Waals surface area contributed by atoms with Crippen molar-refractivity contribution in [2.24, 2.45) is 5.92 Å². The lowest BCUT2D eigenvalue weighted by Crippen LogP contribution is -2.54. The number of aromatic nitrogens is 1. The number of rotatable bonds is 5. The minimum atomic E-state index is -0.802. The van der Waals surface area contributed by atoms with E-state index < -0.39 is 5.97 Å². The van der Waals surface area contributed by atoms with Crippen LogP contribution in [-0.2, 0) is 11.2 Å². The number of carbonyl (C=O) groups excluding carboxylic acids is 1. The summed E-state index contributed by atoms with van der Waals surface area (Å²) in [5, 5.41) is 14.4. The molecule has 2 rings (SSSR count). The number of aliphatic carboxylic acids is 1. The van der Waals surface area contributed by atoms with Crippen molar-refractivity contribution >= 4 is 23.3 Å². The van der Waals surface area contributed by atoms with E-state index in [1.165, 1.54) is 0 Å². The van der Waals surface area contributed by atoms with Crippen molar-refractivity contribution in [3.8, 4) is 0 Å². The number of carbonyl (C=O) groups is 2. The Hall–Kier alpha value is -1.63. The lowest BCUT2D eigenvalue weighted by molar-refractivity contribution is -0.139. The summed E-state index contributed by atoms with van der Waals surface area (Å²) < 4.78 is 0. The maximum absolute atomic E-state index is 11.7. The third kappa shape index (κ3) is 3.92. The summed E-state index contributed by atoms with van der Waals surface area (Å²) in [5.41, 5.74) is 1.01. The zero-order valence-electron chi connectivity index (χ0n) is 10.8. The summed E-state index contributed by atoms with van der Waals surface area (Å²) in [7, 11) is 0. The second kappa shape index (κ2) is 6.01. The van der Waals surface area contributed by atoms with E-state index in [9.17, 15) is 9.59 Å². The van der Waals surface area contributed by atoms with Crippen LogP contribution in [0.4, 0.5) is 4.79 Å². The molecule has 0 radical (unpaired) electrons. The van der Waals surface area contributed by atoms with E-state index in [1.54, 1.807) is 16.2 Å². The van der Waals surface area contributed by atoms with Crippen molar-refractivity contribution in [2.45, 2.75) is 19.8 Å². The molecular weight excluding hydrogens is 266 g/mol. The summed E-state index contributed by atoms with van der Waals surface area (Å²) >= 11 is 1.60. The van der Waals surface area contributed by atoms with E-state index in [2.05, 4.69) is 10.3 Å². The minimum Gasteiger partial charge on any atom is -0.481 e. The largest absolute Gasteiger partial charge is 0.481 e. The van der Waals surface area contributed by atoms with Gasteiger partial charge in [0.05, 0.1) is 11.4 Å². The van der Waals surface area contributed by atoms with Crippen LogP contribution in [0.3, 0.4) is 0 Å². The number of carboxylic acid groups (broad SMARTS) is 1. The summed E-state index contributed by atoms with van der Waals surface area (Å²) in [6, 6.07) is -0.116. The van der Waals surface area contributed by atoms with Gasteiger partial charge in [0.15, 0.2) is 0 Å². The standard InChI is InChI=1S/C12H17N3O3S/c1-8-7-19-10(14-8)2-3-13-12(18)15-5-9(6-15)4-11(16)17/h7,9H,2-6H2,1H3,(H,13,18)(H,16,17). The van der Waals surface area contributed by atoms with Crippen molar-refractivity contribution in [1.29, 1.82) is 0 Å². The van der Waals surface area contributed by atoms with E-state index in [0.29, 0.717) is 19.6 Å². The number of nitrogens with one attached hydrogen (secondary N) is 1. The number of amides is 2. The zero-order chi connectivity index (χ0) is 13.8. The molecule has 0 aliphatic carbocycles. The third-order valence-corrected chi connectivity index (χ3v) is 4.02. The van der Waals surface area contributed by atoms with Gasteiger partial charge in [-0.2, -0.15) is 0 Å². The van der Waals surface area contributed by atoms with Crippen LogP contribution in [0.1, 0.15) is 17.1 Å². The van der Waals surface area contributed by atoms with Gasteiger partial charge in [0.2, 0.25) is 0 Å². The number of carboxylic acids is 1. The predicted octanol–water partition coefficient (Wildman–Crippen LogP) is 1.11. The van der Waals surface area contributed by atoms with E-state index >= 15 is 0 Å². The maximum Gasteiger partial charge on any atom is 0.317 e. The Kier molecular flexibility index (Phi) is 4.36. The number of aryl methyl sites for hydroxylation is 1. The van der Waals surface area contributed by atoms with Crippen molar-refractivity contribution in [1.82, 2.24) is 15.2 Å². The van der Waals surface area contributed by atoms with E-state index in [4.69, 9.17) is 5.11 Å². The predicted molar refractivity (Wildman–Crippen MR) is 71.3 cm³/mol. The summed E-state index contributed by atoms with van der Waals surface area (Å²) in [4.78, 5) is 28.1. The summed E-state index contributed by atoms with van der Waals surface area (Å²) in [6.45, 7) is 3.58. The highest BCUT2D eigenvalue weighted by molar-refractivity contribution is 7.09. The molecule has 0 spiro atoms. The van der Waals surface area contributed by atoms with Gasteiger partial charge < -0.3 is 15.3 Å². The number of thiazole rings is 1. The van der Waals surface area contributed by atoms with Crippen molar-refractivity contribution in [3.63, 3.8) is 0 Å². The van der Waals surface area contributed by atoms with E-state index in [-0.39, 0.29) is 18.4 Å². The highest BCUT2D eigenvalue weighted by atomic mass is 32.1. The molecule has 0 unspecified atom stereocenters. The van der Waals surface area contributed by atoms with Crippen LogP contribution in [0, 0.1) is 12.8 Å². The lowest BCUT2D eigenvalue weighted by atomic mass is 9.97. The first kappa shape index (κ1) is 13.8. The zero-order valence-corrected chi connectivity index (χ0v) is 11.6. The number of nitrogens with zero attached hydrogens (tertiary/aromatic N) is 2. The Balaban J connectivity index is 1.62. The number of likely N-dealkylation sites (tertiary alicyclic amines) is 1. The first-order valence-corrected chi connectivity index (χ1v) is 7.08. The number of urea groups is 1. The molecule has 0 aromatic carbocycles. The van der Waals surface area contributed by atoms with E-state index in [0.717, 1.165) is 17.1 Å². The number of hydrogen-bond acceptors (Lipinski definition) is 4. The van der Waals surface area contributed by atoms with Crippen LogP contribution < -0.4 is 5.32 Å². The molecule has 6 nitrogen and oxygen atoms in total. The van der Waals surface area contributed by atoms with Gasteiger partial charge in [0.1, 0.15) is 0 Å². The van der Waals surface area contributed by atoms with E-state index in [1.807, 2.05) is 12.3 Å². The molecular formula is C12H17N3O3S. The quantitative estimate of drug-likeness (QED) is 0.848. The van der Waals surface area contributed by atoms with Gasteiger partial charge in [-0.25, -0.2) is 9.78 Å². The van der Waals surface area contributed by atoms with Crippen LogP contribution in [-0.4, -0.2) is 46.6 Å². The molecule has 1 aromatic rings. The molecule has 1 fully saturated rings. The summed E-state index contributed by atoms with van der Waals surface area (Å²) in [5.74, 6) is -0.700. The Morgan fingerprint density at radius 3 is 2.89 bits per heavy atom. The maximum atomic E-state index is 11.7. The molecule has 104 valence electrons. The fourth-order valence-electron chi connectivity index (χ4n) is 2.02. The Bertz CT molecular complexity index is 469. The summed E-state index contributed by atoms with van der Waals surface area (Å²) in [6.07, 6.45) is 0.874. The Morgan fingerprint density at radius 1 is 1.58 bits per heavy atom. The van der Waals surface area contributed by atoms with Crippen molar-refractivity contribution in [2.75, 3.05) is 19.6 Å². The molecule has 1 aliphatic rings. The first-order valence-electron chi connectivity index (χ1n) is 6.20. The monoisotopic (exact) mass is 283 g/mol. The molecule has 2 heterocycles. The highest BCUT2D eigenvalue weighted by Crippen LogP contribution is 2.18. The van der Waals surface area contributed by atoms with Crippen LogP contribution in [0.2, 0.25) is 0 Å². The fraction of sp³-hybridized carbons (Fsp3) is 0.583. The van der Waals surface area contributed by atoms with Gasteiger partial charge in [-0.15, -0.1) is 11.3 Å². The molecule has 1 aliphatic heterocycles. The molecule has 1 saturated heterocycles. The van der Waals surface area contributed by atoms with Crippen molar-refractivity contribution in [3.05, 3.63) is 16.1 Å². The Labute approximate surface area is 115 Å². The molecule has 7 heteroatoms. The van der Waals surface area contributed by atoms with Gasteiger partial charge in [-0.3, -0.25) is 4.79 Å². The second-order valence-corrected chi connectivity index (χ2v) is 5.68. The molecule has 19 heavy (non-hydrogen) atoms. The molecule has 2 N–H and O–H groups in total. The first-order chi connectivity index (χ1) is 9.04. The minimum absolute atomic E-state index is 0.102. The smallest absolute Gasteiger partial charge is 0.317 e. The third-order valence-electron chi connectivity index (χ3n) is 2.99. The van der Waals surface area contributed by atoms with Gasteiger partial charge in [-0.05, 0) is 6.92 Å². The number of hydrogen-bond donors (Lipinski definition) is 2. The van der Waals surface area contributed by atoms with Gasteiger partial charge in [-0.1, -0.05) is 0 Å². The van der Waals surface area contributed by atoms with Crippen LogP contribution in [0.15, 0.2) is 5.38 Å². The topological polar surface area (TPSA) is 82.5 Å². The van der Waals surface area contributed by atoms with Crippen LogP contribution in [0.25, 0.3) is 0 Å². The molecule has 0 saturated carbocycles. The lowest BCUT2D eigenvalue weighted by Gasteiger charge is -2.38. The van der Waals surface area contributed by atoms with Crippen LogP contribution >= 0.6 is 11.3 Å². The highest BCUT2D eigenvalue weighted by Gasteiger charge is 2.31. The second-order valence-electron chi connectivity index (χ2n) is 4.73. The van der Waals surface area contributed by atoms with Crippen molar-refractivity contribution < 1.29 is 14.7 Å². The average Bonchev–Trinajstić information content (AvgIpc) is 2.68. The molecule has 0 bridgehead atoms. The molecule has 0 atom stereocenters. The molecule has 2 amide bonds. The molecule has 1 aromatic heterocycles. The van der Waals surface area contributed by atoms with Gasteiger partial charge in [0.25, 0.3) is 0 Å². The van der Waals surface area contributed by atoms with Gasteiger partial charge in [0, 0.05) is 43.0 Å². The average molecular weight is 283 g/mol. The normalized spacial score (nSPS) is 15.1. The Morgan fingerprint density at radius 2 is 2.32 bits per heavy atom.